The minimum absolute atomic E-state index is 0.189. The van der Waals surface area contributed by atoms with Gasteiger partial charge in [-0.25, -0.2) is 4.79 Å². The summed E-state index contributed by atoms with van der Waals surface area (Å²) in [4.78, 5) is 13.2. The first-order valence-corrected chi connectivity index (χ1v) is 7.13. The molecule has 2 aliphatic rings. The molecule has 0 bridgehead atoms. The third-order valence-electron chi connectivity index (χ3n) is 3.44. The number of carboxylic acid groups (broad SMARTS) is 1. The van der Waals surface area contributed by atoms with Crippen molar-refractivity contribution in [2.24, 2.45) is 0 Å². The van der Waals surface area contributed by atoms with Crippen molar-refractivity contribution in [3.63, 3.8) is 0 Å². The van der Waals surface area contributed by atoms with E-state index in [2.05, 4.69) is 5.32 Å². The van der Waals surface area contributed by atoms with E-state index in [0.717, 1.165) is 5.56 Å². The smallest absolute Gasteiger partial charge is 0.354 e. The SMILES string of the molecule is O=C(O)C1=C2C=CC=CN2C(Cc2ccc(Cl)cc2Cl)N1. The van der Waals surface area contributed by atoms with E-state index in [1.165, 1.54) is 0 Å². The van der Waals surface area contributed by atoms with Crippen LogP contribution in [0.25, 0.3) is 0 Å². The number of rotatable bonds is 3. The van der Waals surface area contributed by atoms with Gasteiger partial charge in [-0.15, -0.1) is 0 Å². The molecule has 0 aromatic heterocycles. The fourth-order valence-electron chi connectivity index (χ4n) is 2.47. The number of aliphatic carboxylic acids is 1. The van der Waals surface area contributed by atoms with Crippen molar-refractivity contribution in [3.05, 3.63) is 69.6 Å². The highest BCUT2D eigenvalue weighted by Gasteiger charge is 2.33. The van der Waals surface area contributed by atoms with Gasteiger partial charge in [-0.3, -0.25) is 0 Å². The summed E-state index contributed by atoms with van der Waals surface area (Å²) < 4.78 is 0. The van der Waals surface area contributed by atoms with Crippen LogP contribution in [0.3, 0.4) is 0 Å². The first kappa shape index (κ1) is 14.0. The molecule has 21 heavy (non-hydrogen) atoms. The van der Waals surface area contributed by atoms with E-state index in [-0.39, 0.29) is 11.9 Å². The van der Waals surface area contributed by atoms with Gasteiger partial charge < -0.3 is 15.3 Å². The summed E-state index contributed by atoms with van der Waals surface area (Å²) >= 11 is 12.1. The molecule has 2 heterocycles. The third-order valence-corrected chi connectivity index (χ3v) is 4.02. The summed E-state index contributed by atoms with van der Waals surface area (Å²) in [6.07, 6.45) is 7.69. The number of benzene rings is 1. The minimum atomic E-state index is -0.973. The number of nitrogens with one attached hydrogen (secondary N) is 1. The average molecular weight is 323 g/mol. The molecule has 2 N–H and O–H groups in total. The number of hydrogen-bond acceptors (Lipinski definition) is 3. The molecule has 1 aromatic carbocycles. The number of halogens is 2. The van der Waals surface area contributed by atoms with Crippen LogP contribution in [0.15, 0.2) is 54.0 Å². The topological polar surface area (TPSA) is 52.6 Å². The van der Waals surface area contributed by atoms with Gasteiger partial charge in [-0.05, 0) is 29.8 Å². The van der Waals surface area contributed by atoms with Gasteiger partial charge in [0.05, 0.1) is 5.70 Å². The van der Waals surface area contributed by atoms with E-state index < -0.39 is 5.97 Å². The Hall–Kier alpha value is -1.91. The molecule has 2 aliphatic heterocycles. The van der Waals surface area contributed by atoms with Crippen molar-refractivity contribution in [3.8, 4) is 0 Å². The van der Waals surface area contributed by atoms with E-state index in [9.17, 15) is 9.90 Å². The van der Waals surface area contributed by atoms with Gasteiger partial charge in [0.25, 0.3) is 0 Å². The van der Waals surface area contributed by atoms with Gasteiger partial charge in [0.2, 0.25) is 0 Å². The predicted molar refractivity (Wildman–Crippen MR) is 81.9 cm³/mol. The van der Waals surface area contributed by atoms with Gasteiger partial charge in [0.15, 0.2) is 0 Å². The number of carboxylic acids is 1. The van der Waals surface area contributed by atoms with Gasteiger partial charge in [-0.1, -0.05) is 35.3 Å². The fraction of sp³-hybridized carbons (Fsp3) is 0.133. The lowest BCUT2D eigenvalue weighted by molar-refractivity contribution is -0.133. The van der Waals surface area contributed by atoms with Gasteiger partial charge in [0, 0.05) is 22.7 Å². The average Bonchev–Trinajstić information content (AvgIpc) is 2.81. The molecule has 0 saturated carbocycles. The third kappa shape index (κ3) is 2.64. The number of hydrogen-bond donors (Lipinski definition) is 2. The maximum atomic E-state index is 11.3. The van der Waals surface area contributed by atoms with Crippen LogP contribution in [0.2, 0.25) is 10.0 Å². The largest absolute Gasteiger partial charge is 0.477 e. The van der Waals surface area contributed by atoms with E-state index in [0.29, 0.717) is 22.2 Å². The first-order valence-electron chi connectivity index (χ1n) is 6.37. The highest BCUT2D eigenvalue weighted by atomic mass is 35.5. The predicted octanol–water partition coefficient (Wildman–Crippen LogP) is 3.15. The molecule has 108 valence electrons. The van der Waals surface area contributed by atoms with Crippen LogP contribution in [-0.4, -0.2) is 22.1 Å². The summed E-state index contributed by atoms with van der Waals surface area (Å²) in [6, 6.07) is 5.32. The van der Waals surface area contributed by atoms with Crippen LogP contribution in [0.5, 0.6) is 0 Å². The van der Waals surface area contributed by atoms with E-state index in [1.54, 1.807) is 18.2 Å². The molecule has 0 radical (unpaired) electrons. The number of allylic oxidation sites excluding steroid dienone is 3. The van der Waals surface area contributed by atoms with Crippen molar-refractivity contribution < 1.29 is 9.90 Å². The molecule has 1 unspecified atom stereocenters. The first-order chi connectivity index (χ1) is 10.1. The van der Waals surface area contributed by atoms with Gasteiger partial charge >= 0.3 is 5.97 Å². The molecule has 0 fully saturated rings. The zero-order chi connectivity index (χ0) is 15.0. The summed E-state index contributed by atoms with van der Waals surface area (Å²) in [5.41, 5.74) is 1.76. The second-order valence-electron chi connectivity index (χ2n) is 4.77. The number of carbonyl (C=O) groups is 1. The van der Waals surface area contributed by atoms with Gasteiger partial charge in [-0.2, -0.15) is 0 Å². The van der Waals surface area contributed by atoms with E-state index >= 15 is 0 Å². The quantitative estimate of drug-likeness (QED) is 0.897. The Morgan fingerprint density at radius 1 is 1.33 bits per heavy atom. The molecule has 0 saturated heterocycles. The molecule has 6 heteroatoms. The Kier molecular flexibility index (Phi) is 3.66. The lowest BCUT2D eigenvalue weighted by Gasteiger charge is -2.26. The number of nitrogens with zero attached hydrogens (tertiary/aromatic N) is 1. The molecule has 1 aromatic rings. The van der Waals surface area contributed by atoms with Crippen LogP contribution >= 0.6 is 23.2 Å². The summed E-state index contributed by atoms with van der Waals surface area (Å²) in [5.74, 6) is -0.973. The molecular formula is C15H12Cl2N2O2. The maximum Gasteiger partial charge on any atom is 0.354 e. The second kappa shape index (κ2) is 5.47. The van der Waals surface area contributed by atoms with Crippen molar-refractivity contribution in [2.75, 3.05) is 0 Å². The van der Waals surface area contributed by atoms with E-state index in [4.69, 9.17) is 23.2 Å². The van der Waals surface area contributed by atoms with Gasteiger partial charge in [0.1, 0.15) is 11.9 Å². The molecule has 0 aliphatic carbocycles. The minimum Gasteiger partial charge on any atom is -0.477 e. The number of fused-ring (bicyclic) bond motifs is 1. The second-order valence-corrected chi connectivity index (χ2v) is 5.62. The normalized spacial score (nSPS) is 19.7. The summed E-state index contributed by atoms with van der Waals surface area (Å²) in [6.45, 7) is 0. The Morgan fingerprint density at radius 2 is 2.14 bits per heavy atom. The molecule has 0 spiro atoms. The Balaban J connectivity index is 1.87. The van der Waals surface area contributed by atoms with Crippen LogP contribution in [0, 0.1) is 0 Å². The highest BCUT2D eigenvalue weighted by molar-refractivity contribution is 6.35. The standard InChI is InChI=1S/C15H12Cl2N2O2/c16-10-5-4-9(11(17)8-10)7-13-18-14(15(20)21)12-3-1-2-6-19(12)13/h1-6,8,13,18H,7H2,(H,20,21). The Bertz CT molecular complexity index is 695. The maximum absolute atomic E-state index is 11.3. The van der Waals surface area contributed by atoms with Crippen LogP contribution in [0.1, 0.15) is 5.56 Å². The summed E-state index contributed by atoms with van der Waals surface area (Å²) in [7, 11) is 0. The fourth-order valence-corrected chi connectivity index (χ4v) is 2.95. The lowest BCUT2D eigenvalue weighted by Crippen LogP contribution is -2.37. The Labute approximate surface area is 132 Å². The Morgan fingerprint density at radius 3 is 2.86 bits per heavy atom. The lowest BCUT2D eigenvalue weighted by atomic mass is 10.1. The zero-order valence-electron chi connectivity index (χ0n) is 10.9. The van der Waals surface area contributed by atoms with Crippen molar-refractivity contribution in [2.45, 2.75) is 12.6 Å². The molecular weight excluding hydrogens is 311 g/mol. The zero-order valence-corrected chi connectivity index (χ0v) is 12.4. The molecule has 0 amide bonds. The van der Waals surface area contributed by atoms with Crippen LogP contribution in [-0.2, 0) is 11.2 Å². The van der Waals surface area contributed by atoms with E-state index in [1.807, 2.05) is 29.3 Å². The van der Waals surface area contributed by atoms with Crippen molar-refractivity contribution in [1.82, 2.24) is 10.2 Å². The van der Waals surface area contributed by atoms with Crippen LogP contribution in [0.4, 0.5) is 0 Å². The molecule has 1 atom stereocenters. The highest BCUT2D eigenvalue weighted by Crippen LogP contribution is 2.29. The molecule has 4 nitrogen and oxygen atoms in total. The van der Waals surface area contributed by atoms with Crippen molar-refractivity contribution >= 4 is 29.2 Å². The van der Waals surface area contributed by atoms with Crippen molar-refractivity contribution in [1.29, 1.82) is 0 Å². The molecule has 3 rings (SSSR count). The summed E-state index contributed by atoms with van der Waals surface area (Å²) in [5, 5.41) is 13.5. The van der Waals surface area contributed by atoms with Crippen LogP contribution < -0.4 is 5.32 Å². The monoisotopic (exact) mass is 322 g/mol.